The van der Waals surface area contributed by atoms with Gasteiger partial charge >= 0.3 is 69.0 Å². The molecule has 430 valence electrons. The molecule has 0 aliphatic carbocycles. The van der Waals surface area contributed by atoms with E-state index in [1.807, 2.05) is 54.6 Å². The molecule has 0 amide bonds. The SMILES string of the molecule is CC(=O)Cc1cccc(S(=O)(=O)Cl)c1.CC(=O)Cc1cccc(S(=O)(=O)Cl)c1.CC(=O)Cc1cccc(S)c1.CC(=O)Cc1ccccc1.CCC.CCC.CCC.CCC.O=NO[O-].O=S(=O)(Cl)Cl.O=S(=O)(O)Cl.[K+]. The van der Waals surface area contributed by atoms with Crippen molar-refractivity contribution in [2.75, 3.05) is 0 Å². The molecular weight excluding hydrogens is 1220 g/mol. The molecule has 0 spiro atoms. The van der Waals surface area contributed by atoms with E-state index in [0.717, 1.165) is 16.0 Å². The Kier molecular flexibility index (Phi) is 67.3. The molecular formula is C48H71Cl5KNO16S5. The van der Waals surface area contributed by atoms with Crippen molar-refractivity contribution in [2.45, 2.75) is 149 Å². The van der Waals surface area contributed by atoms with Gasteiger partial charge in [-0.05, 0) is 86.3 Å². The first-order valence-corrected chi connectivity index (χ1v) is 32.6. The van der Waals surface area contributed by atoms with Crippen LogP contribution >= 0.6 is 66.0 Å². The van der Waals surface area contributed by atoms with Crippen molar-refractivity contribution in [1.82, 2.24) is 0 Å². The van der Waals surface area contributed by atoms with Gasteiger partial charge in [0, 0.05) is 84.0 Å². The van der Waals surface area contributed by atoms with Gasteiger partial charge in [0.15, 0.2) is 0 Å². The molecule has 0 radical (unpaired) electrons. The van der Waals surface area contributed by atoms with E-state index in [9.17, 15) is 36.0 Å². The molecule has 0 fully saturated rings. The molecule has 0 heterocycles. The average molecular weight is 1290 g/mol. The Hall–Kier alpha value is -1.88. The second-order valence-electron chi connectivity index (χ2n) is 14.6. The number of benzene rings is 4. The minimum absolute atomic E-state index is 0. The Balaban J connectivity index is -0.000000117. The number of carbonyl (C=O) groups excluding carboxylic acids is 4. The Morgan fingerprint density at radius 1 is 0.487 bits per heavy atom. The fourth-order valence-corrected chi connectivity index (χ4v) is 5.92. The van der Waals surface area contributed by atoms with E-state index in [1.165, 1.54) is 69.1 Å². The van der Waals surface area contributed by atoms with Crippen molar-refractivity contribution >= 4 is 125 Å². The first-order valence-electron chi connectivity index (χ1n) is 22.1. The van der Waals surface area contributed by atoms with Gasteiger partial charge in [0.2, 0.25) is 0 Å². The van der Waals surface area contributed by atoms with Gasteiger partial charge < -0.3 is 10.2 Å². The standard InChI is InChI=1S/2C9H9ClO3S.C9H10OS.C9H10O.4C3H8.Cl2O2S.ClHO3S.K.HNO3/c2*1-7(11)5-8-3-2-4-9(6-8)14(10,12)13;1-7(10)5-8-3-2-4-9(11)6-8;1-8(10)7-9-5-3-2-4-6-9;4*1-3-2;2*1-5(2,3)4;;2-1-4-3/h2*2-4,6H,5H2,1H3;2-4,6,11H,5H2,1H3;2-6H,7H2,1H3;4*3H2,1-2H3;;(H,2,3,4);;3H/q;;;;;;;;;;+1;/p-1. The number of thiol groups is 1. The van der Waals surface area contributed by atoms with Crippen molar-refractivity contribution in [3.8, 4) is 0 Å². The van der Waals surface area contributed by atoms with Gasteiger partial charge in [-0.15, -0.1) is 17.5 Å². The number of nitrogens with zero attached hydrogens (tertiary/aromatic N) is 1. The molecule has 17 nitrogen and oxygen atoms in total. The van der Waals surface area contributed by atoms with E-state index in [2.05, 4.69) is 105 Å². The molecule has 4 rings (SSSR count). The van der Waals surface area contributed by atoms with Gasteiger partial charge in [-0.25, -0.2) is 16.8 Å². The molecule has 0 saturated carbocycles. The summed E-state index contributed by atoms with van der Waals surface area (Å²) in [4.78, 5) is 54.6. The number of carbonyl (C=O) groups is 4. The monoisotopic (exact) mass is 1290 g/mol. The summed E-state index contributed by atoms with van der Waals surface area (Å²) in [5, 5.41) is 9.75. The minimum Gasteiger partial charge on any atom is -0.635 e. The van der Waals surface area contributed by atoms with Gasteiger partial charge in [-0.3, -0.25) is 23.7 Å². The zero-order chi connectivity index (χ0) is 60.4. The molecule has 0 bridgehead atoms. The number of Topliss-reactive ketones (excluding diaryl/α,β-unsaturated/α-hetero) is 4. The summed E-state index contributed by atoms with van der Waals surface area (Å²) in [6.45, 7) is 23.1. The van der Waals surface area contributed by atoms with Gasteiger partial charge in [-0.1, -0.05) is 148 Å². The molecule has 76 heavy (non-hydrogen) atoms. The van der Waals surface area contributed by atoms with Gasteiger partial charge in [0.25, 0.3) is 18.1 Å². The largest absolute Gasteiger partial charge is 1.00 e. The van der Waals surface area contributed by atoms with Gasteiger partial charge in [-0.2, -0.15) is 16.8 Å². The summed E-state index contributed by atoms with van der Waals surface area (Å²) in [6.07, 6.45) is 6.51. The third-order valence-corrected chi connectivity index (χ3v) is 8.94. The number of halogens is 5. The molecule has 0 saturated heterocycles. The topological polar surface area (TPSA) is 287 Å². The van der Waals surface area contributed by atoms with E-state index in [-0.39, 0.29) is 97.2 Å². The molecule has 0 atom stereocenters. The van der Waals surface area contributed by atoms with Crippen LogP contribution in [0, 0.1) is 4.91 Å². The van der Waals surface area contributed by atoms with Crippen LogP contribution in [0.25, 0.3) is 0 Å². The second kappa shape index (κ2) is 56.4. The molecule has 0 aliphatic heterocycles. The number of rotatable bonds is 11. The fraction of sp³-hybridized carbons (Fsp3) is 0.417. The number of ketones is 4. The zero-order valence-corrected chi connectivity index (χ0v) is 56.0. The summed E-state index contributed by atoms with van der Waals surface area (Å²) < 4.78 is 87.3. The van der Waals surface area contributed by atoms with E-state index in [4.69, 9.17) is 52.9 Å². The Morgan fingerprint density at radius 3 is 0.908 bits per heavy atom. The molecule has 1 N–H and O–H groups in total. The minimum atomic E-state index is -4.19. The van der Waals surface area contributed by atoms with E-state index in [1.54, 1.807) is 38.1 Å². The Bertz CT molecular complexity index is 2480. The van der Waals surface area contributed by atoms with Crippen molar-refractivity contribution < 1.29 is 119 Å². The third kappa shape index (κ3) is 86.0. The average Bonchev–Trinajstić information content (AvgIpc) is 3.24. The predicted molar refractivity (Wildman–Crippen MR) is 305 cm³/mol. The van der Waals surface area contributed by atoms with E-state index in [0.29, 0.717) is 24.0 Å². The van der Waals surface area contributed by atoms with Crippen molar-refractivity contribution in [3.05, 3.63) is 130 Å². The Morgan fingerprint density at radius 2 is 0.697 bits per heavy atom. The summed E-state index contributed by atoms with van der Waals surface area (Å²) in [5.74, 6) is 0.360. The molecule has 28 heteroatoms. The first kappa shape index (κ1) is 90.6. The fourth-order valence-electron chi connectivity index (χ4n) is 4.03. The normalized spacial score (nSPS) is 9.53. The summed E-state index contributed by atoms with van der Waals surface area (Å²) in [6, 6.07) is 29.5. The summed E-state index contributed by atoms with van der Waals surface area (Å²) in [7, 11) is 7.59. The molecule has 0 aromatic heterocycles. The molecule has 4 aromatic carbocycles. The maximum atomic E-state index is 11.0. The van der Waals surface area contributed by atoms with Crippen molar-refractivity contribution in [3.63, 3.8) is 0 Å². The molecule has 0 unspecified atom stereocenters. The van der Waals surface area contributed by atoms with Crippen molar-refractivity contribution in [2.24, 2.45) is 5.34 Å². The van der Waals surface area contributed by atoms with Gasteiger partial charge in [0.1, 0.15) is 28.5 Å². The summed E-state index contributed by atoms with van der Waals surface area (Å²) in [5.41, 5.74) is 3.43. The van der Waals surface area contributed by atoms with Crippen LogP contribution in [-0.2, 0) is 85.5 Å². The number of hydrogen-bond acceptors (Lipinski definition) is 17. The maximum Gasteiger partial charge on any atom is 1.00 e. The number of hydrogen-bond donors (Lipinski definition) is 2. The smallest absolute Gasteiger partial charge is 0.635 e. The first-order chi connectivity index (χ1) is 34.3. The van der Waals surface area contributed by atoms with E-state index >= 15 is 0 Å². The van der Waals surface area contributed by atoms with Crippen LogP contribution in [0.1, 0.15) is 131 Å². The zero-order valence-electron chi connectivity index (χ0n) is 45.0. The van der Waals surface area contributed by atoms with Crippen LogP contribution in [0.15, 0.2) is 123 Å². The molecule has 0 aliphatic rings. The van der Waals surface area contributed by atoms with Crippen LogP contribution in [0.3, 0.4) is 0 Å². The van der Waals surface area contributed by atoms with Crippen LogP contribution in [0.4, 0.5) is 0 Å². The van der Waals surface area contributed by atoms with Crippen molar-refractivity contribution in [1.29, 1.82) is 0 Å². The van der Waals surface area contributed by atoms with Crippen LogP contribution in [0.5, 0.6) is 0 Å². The third-order valence-electron chi connectivity index (χ3n) is 5.96. The van der Waals surface area contributed by atoms with Gasteiger partial charge in [0.05, 0.1) is 9.79 Å². The van der Waals surface area contributed by atoms with Crippen LogP contribution < -0.4 is 56.6 Å². The summed E-state index contributed by atoms with van der Waals surface area (Å²) >= 11 is 4.17. The second-order valence-corrected chi connectivity index (χ2v) is 25.9. The van der Waals surface area contributed by atoms with Crippen LogP contribution in [0.2, 0.25) is 0 Å². The van der Waals surface area contributed by atoms with Crippen LogP contribution in [-0.4, -0.2) is 61.4 Å². The Labute approximate surface area is 522 Å². The maximum absolute atomic E-state index is 11.0. The predicted octanol–water partition coefficient (Wildman–Crippen LogP) is 9.78. The molecule has 4 aromatic rings. The van der Waals surface area contributed by atoms with E-state index < -0.39 is 35.7 Å². The quantitative estimate of drug-likeness (QED) is 0.0269.